The van der Waals surface area contributed by atoms with Crippen molar-refractivity contribution in [3.8, 4) is 17.2 Å². The van der Waals surface area contributed by atoms with Crippen LogP contribution in [0.15, 0.2) is 30.3 Å². The fourth-order valence-corrected chi connectivity index (χ4v) is 2.81. The van der Waals surface area contributed by atoms with Gasteiger partial charge in [-0.3, -0.25) is 4.79 Å². The molecule has 1 aromatic carbocycles. The number of methoxy groups -OCH3 is 2. The van der Waals surface area contributed by atoms with E-state index in [2.05, 4.69) is 4.74 Å². The zero-order valence-corrected chi connectivity index (χ0v) is 14.5. The molecule has 0 saturated carbocycles. The molecule has 0 aliphatic carbocycles. The number of rotatable bonds is 8. The SMILES string of the molecule is COc1cc(/C=C/C(=O)c2ccc(C(=O)O)s2)cc(OC)c1OC(F)F. The van der Waals surface area contributed by atoms with Gasteiger partial charge in [-0.25, -0.2) is 4.79 Å². The second-order valence-corrected chi connectivity index (χ2v) is 5.88. The molecule has 0 unspecified atom stereocenters. The number of alkyl halides is 2. The Kier molecular flexibility index (Phi) is 6.29. The molecule has 1 N–H and O–H groups in total. The molecule has 0 bridgehead atoms. The molecule has 0 amide bonds. The lowest BCUT2D eigenvalue weighted by Gasteiger charge is -2.14. The summed E-state index contributed by atoms with van der Waals surface area (Å²) in [6, 6.07) is 5.57. The predicted molar refractivity (Wildman–Crippen MR) is 90.8 cm³/mol. The van der Waals surface area contributed by atoms with Gasteiger partial charge in [0.2, 0.25) is 5.75 Å². The number of hydrogen-bond donors (Lipinski definition) is 1. The third-order valence-corrected chi connectivity index (χ3v) is 4.26. The lowest BCUT2D eigenvalue weighted by atomic mass is 10.1. The van der Waals surface area contributed by atoms with E-state index in [0.717, 1.165) is 11.3 Å². The molecule has 9 heteroatoms. The number of carbonyl (C=O) groups is 2. The number of thiophene rings is 1. The predicted octanol–water partition coefficient (Wildman–Crippen LogP) is 3.96. The van der Waals surface area contributed by atoms with Gasteiger partial charge in [-0.15, -0.1) is 11.3 Å². The molecule has 0 atom stereocenters. The zero-order valence-electron chi connectivity index (χ0n) is 13.7. The topological polar surface area (TPSA) is 82.1 Å². The van der Waals surface area contributed by atoms with E-state index in [4.69, 9.17) is 14.6 Å². The highest BCUT2D eigenvalue weighted by molar-refractivity contribution is 7.16. The molecule has 1 heterocycles. The van der Waals surface area contributed by atoms with Crippen molar-refractivity contribution in [1.29, 1.82) is 0 Å². The van der Waals surface area contributed by atoms with Crippen molar-refractivity contribution in [2.24, 2.45) is 0 Å². The molecule has 0 aliphatic rings. The Labute approximate surface area is 151 Å². The van der Waals surface area contributed by atoms with Gasteiger partial charge in [-0.1, -0.05) is 6.08 Å². The van der Waals surface area contributed by atoms with Gasteiger partial charge in [-0.2, -0.15) is 8.78 Å². The number of carbonyl (C=O) groups excluding carboxylic acids is 1. The lowest BCUT2D eigenvalue weighted by molar-refractivity contribution is -0.0526. The highest BCUT2D eigenvalue weighted by Crippen LogP contribution is 2.39. The quantitative estimate of drug-likeness (QED) is 0.548. The highest BCUT2D eigenvalue weighted by atomic mass is 32.1. The van der Waals surface area contributed by atoms with Crippen LogP contribution in [0.5, 0.6) is 17.2 Å². The Balaban J connectivity index is 2.28. The van der Waals surface area contributed by atoms with Crippen LogP contribution in [0.3, 0.4) is 0 Å². The first-order valence-corrected chi connectivity index (χ1v) is 7.93. The van der Waals surface area contributed by atoms with Crippen LogP contribution < -0.4 is 14.2 Å². The average Bonchev–Trinajstić information content (AvgIpc) is 3.10. The molecule has 0 aliphatic heterocycles. The Morgan fingerprint density at radius 2 is 1.69 bits per heavy atom. The molecule has 138 valence electrons. The number of benzene rings is 1. The van der Waals surface area contributed by atoms with Gasteiger partial charge in [0.15, 0.2) is 17.3 Å². The summed E-state index contributed by atoms with van der Waals surface area (Å²) in [6.45, 7) is -3.05. The van der Waals surface area contributed by atoms with Crippen molar-refractivity contribution in [2.75, 3.05) is 14.2 Å². The lowest BCUT2D eigenvalue weighted by Crippen LogP contribution is -2.05. The van der Waals surface area contributed by atoms with E-state index in [0.29, 0.717) is 5.56 Å². The number of halogens is 2. The van der Waals surface area contributed by atoms with Gasteiger partial charge in [-0.05, 0) is 35.9 Å². The number of ether oxygens (including phenoxy) is 3. The molecule has 0 radical (unpaired) electrons. The largest absolute Gasteiger partial charge is 0.493 e. The summed E-state index contributed by atoms with van der Waals surface area (Å²) >= 11 is 0.856. The van der Waals surface area contributed by atoms with Gasteiger partial charge < -0.3 is 19.3 Å². The second-order valence-electron chi connectivity index (χ2n) is 4.80. The minimum Gasteiger partial charge on any atom is -0.493 e. The first-order chi connectivity index (χ1) is 12.3. The molecule has 2 rings (SSSR count). The maximum absolute atomic E-state index is 12.5. The number of ketones is 1. The molecule has 0 saturated heterocycles. The highest BCUT2D eigenvalue weighted by Gasteiger charge is 2.18. The summed E-state index contributed by atoms with van der Waals surface area (Å²) in [5.41, 5.74) is 0.448. The van der Waals surface area contributed by atoms with Crippen LogP contribution in [0.2, 0.25) is 0 Å². The van der Waals surface area contributed by atoms with Crippen molar-refractivity contribution in [3.05, 3.63) is 45.7 Å². The van der Waals surface area contributed by atoms with E-state index in [1.807, 2.05) is 0 Å². The van der Waals surface area contributed by atoms with Gasteiger partial charge >= 0.3 is 12.6 Å². The second kappa shape index (κ2) is 8.43. The standard InChI is InChI=1S/C17H14F2O6S/c1-23-11-7-9(8-12(24-2)15(11)25-17(18)19)3-4-10(20)13-5-6-14(26-13)16(21)22/h3-8,17H,1-2H3,(H,21,22)/b4-3+. The van der Waals surface area contributed by atoms with Crippen LogP contribution in [0.1, 0.15) is 24.9 Å². The number of aromatic carboxylic acids is 1. The third-order valence-electron chi connectivity index (χ3n) is 3.18. The third kappa shape index (κ3) is 4.57. The Hall–Kier alpha value is -2.94. The van der Waals surface area contributed by atoms with E-state index in [-0.39, 0.29) is 27.0 Å². The fourth-order valence-electron chi connectivity index (χ4n) is 2.04. The molecule has 0 fully saturated rings. The van der Waals surface area contributed by atoms with Gasteiger partial charge in [0.25, 0.3) is 0 Å². The average molecular weight is 384 g/mol. The molecule has 26 heavy (non-hydrogen) atoms. The van der Waals surface area contributed by atoms with Crippen molar-refractivity contribution < 1.29 is 37.7 Å². The number of hydrogen-bond acceptors (Lipinski definition) is 6. The first-order valence-electron chi connectivity index (χ1n) is 7.12. The monoisotopic (exact) mass is 384 g/mol. The van der Waals surface area contributed by atoms with Crippen molar-refractivity contribution in [2.45, 2.75) is 6.61 Å². The summed E-state index contributed by atoms with van der Waals surface area (Å²) in [7, 11) is 2.57. The summed E-state index contributed by atoms with van der Waals surface area (Å²) in [6.07, 6.45) is 2.67. The van der Waals surface area contributed by atoms with E-state index < -0.39 is 18.4 Å². The number of carboxylic acids is 1. The van der Waals surface area contributed by atoms with Crippen LogP contribution in [0.25, 0.3) is 6.08 Å². The summed E-state index contributed by atoms with van der Waals surface area (Å²) < 4.78 is 39.5. The number of allylic oxidation sites excluding steroid dienone is 1. The van der Waals surface area contributed by atoms with E-state index in [9.17, 15) is 18.4 Å². The van der Waals surface area contributed by atoms with E-state index in [1.54, 1.807) is 0 Å². The minimum absolute atomic E-state index is 0.0148. The van der Waals surface area contributed by atoms with Gasteiger partial charge in [0, 0.05) is 0 Å². The number of carboxylic acid groups (broad SMARTS) is 1. The van der Waals surface area contributed by atoms with Crippen molar-refractivity contribution in [1.82, 2.24) is 0 Å². The summed E-state index contributed by atoms with van der Waals surface area (Å²) in [4.78, 5) is 23.3. The Morgan fingerprint density at radius 3 is 2.15 bits per heavy atom. The van der Waals surface area contributed by atoms with Crippen molar-refractivity contribution in [3.63, 3.8) is 0 Å². The first kappa shape index (κ1) is 19.4. The smallest absolute Gasteiger partial charge is 0.387 e. The minimum atomic E-state index is -3.05. The summed E-state index contributed by atoms with van der Waals surface area (Å²) in [5, 5.41) is 8.88. The van der Waals surface area contributed by atoms with Crippen LogP contribution in [-0.4, -0.2) is 37.7 Å². The zero-order chi connectivity index (χ0) is 19.3. The molecule has 2 aromatic rings. The molecular formula is C17H14F2O6S. The normalized spacial score (nSPS) is 11.0. The van der Waals surface area contributed by atoms with E-state index in [1.165, 1.54) is 50.6 Å². The Bertz CT molecular complexity index is 819. The Morgan fingerprint density at radius 1 is 1.12 bits per heavy atom. The van der Waals surface area contributed by atoms with Crippen LogP contribution in [-0.2, 0) is 0 Å². The molecule has 0 spiro atoms. The van der Waals surface area contributed by atoms with Gasteiger partial charge in [0.05, 0.1) is 19.1 Å². The molecule has 1 aromatic heterocycles. The van der Waals surface area contributed by atoms with E-state index >= 15 is 0 Å². The van der Waals surface area contributed by atoms with Gasteiger partial charge in [0.1, 0.15) is 4.88 Å². The van der Waals surface area contributed by atoms with Crippen LogP contribution >= 0.6 is 11.3 Å². The van der Waals surface area contributed by atoms with Crippen LogP contribution in [0.4, 0.5) is 8.78 Å². The maximum Gasteiger partial charge on any atom is 0.387 e. The maximum atomic E-state index is 12.5. The summed E-state index contributed by atoms with van der Waals surface area (Å²) in [5.74, 6) is -1.73. The molecular weight excluding hydrogens is 370 g/mol. The molecule has 6 nitrogen and oxygen atoms in total. The van der Waals surface area contributed by atoms with Crippen LogP contribution in [0, 0.1) is 0 Å². The fraction of sp³-hybridized carbons (Fsp3) is 0.176. The van der Waals surface area contributed by atoms with Crippen molar-refractivity contribution >= 4 is 29.2 Å².